The smallest absolute Gasteiger partial charge is 0.335 e. The number of allylic oxidation sites excluding steroid dienone is 2. The molecule has 0 bridgehead atoms. The van der Waals surface area contributed by atoms with Gasteiger partial charge in [-0.3, -0.25) is 4.79 Å². The Morgan fingerprint density at radius 2 is 1.28 bits per heavy atom. The molecular weight excluding hydrogens is 1040 g/mol. The normalized spacial score (nSPS) is 49.4. The highest BCUT2D eigenvalue weighted by Gasteiger charge is 2.76. The molecule has 26 unspecified atom stereocenters. The van der Waals surface area contributed by atoms with Crippen LogP contribution in [-0.2, 0) is 52.3 Å². The Bertz CT molecular complexity index is 2310. The van der Waals surface area contributed by atoms with E-state index < -0.39 is 199 Å². The molecule has 23 nitrogen and oxygen atoms in total. The molecule has 12 N–H and O–H groups in total. The summed E-state index contributed by atoms with van der Waals surface area (Å²) in [5.41, 5.74) is -4.56. The zero-order valence-electron chi connectivity index (χ0n) is 47.2. The van der Waals surface area contributed by atoms with Gasteiger partial charge in [0.1, 0.15) is 67.1 Å². The Labute approximate surface area is 460 Å². The summed E-state index contributed by atoms with van der Waals surface area (Å²) in [4.78, 5) is 40.1. The van der Waals surface area contributed by atoms with Crippen LogP contribution in [0.25, 0.3) is 0 Å². The van der Waals surface area contributed by atoms with Gasteiger partial charge >= 0.3 is 17.9 Å². The Morgan fingerprint density at radius 1 is 0.696 bits per heavy atom. The van der Waals surface area contributed by atoms with E-state index >= 15 is 0 Å². The molecule has 3 heterocycles. The van der Waals surface area contributed by atoms with E-state index in [1.807, 2.05) is 34.6 Å². The van der Waals surface area contributed by atoms with Crippen molar-refractivity contribution in [3.8, 4) is 0 Å². The van der Waals surface area contributed by atoms with Crippen LogP contribution in [-0.4, -0.2) is 216 Å². The minimum atomic E-state index is -2.12. The van der Waals surface area contributed by atoms with Gasteiger partial charge in [0.05, 0.1) is 49.5 Å². The van der Waals surface area contributed by atoms with Crippen LogP contribution >= 0.6 is 0 Å². The fourth-order valence-electron chi connectivity index (χ4n) is 16.2. The van der Waals surface area contributed by atoms with Crippen LogP contribution in [0, 0.1) is 56.2 Å². The quantitative estimate of drug-likeness (QED) is 0.0470. The van der Waals surface area contributed by atoms with Crippen molar-refractivity contribution in [3.63, 3.8) is 0 Å². The molecule has 4 saturated carbocycles. The number of aliphatic carboxylic acids is 1. The van der Waals surface area contributed by atoms with Gasteiger partial charge < -0.3 is 99.2 Å². The first-order valence-electron chi connectivity index (χ1n) is 28.0. The van der Waals surface area contributed by atoms with Gasteiger partial charge in [0.15, 0.2) is 31.1 Å². The second kappa shape index (κ2) is 22.3. The summed E-state index contributed by atoms with van der Waals surface area (Å²) in [5.74, 6) is -4.49. The molecule has 26 atom stereocenters. The molecule has 0 aromatic carbocycles. The Hall–Kier alpha value is -2.79. The number of carbonyl (C=O) groups excluding carboxylic acids is 2. The lowest BCUT2D eigenvalue weighted by Gasteiger charge is -2.73. The number of hydrogen-bond donors (Lipinski definition) is 12. The van der Waals surface area contributed by atoms with Crippen molar-refractivity contribution in [3.05, 3.63) is 23.3 Å². The van der Waals surface area contributed by atoms with Gasteiger partial charge in [0.25, 0.3) is 0 Å². The molecule has 0 amide bonds. The van der Waals surface area contributed by atoms with Crippen molar-refractivity contribution >= 4 is 17.9 Å². The van der Waals surface area contributed by atoms with Gasteiger partial charge in [0.2, 0.25) is 0 Å². The second-order valence-electron chi connectivity index (χ2n) is 26.2. The topological polar surface area (TPSA) is 368 Å². The lowest BCUT2D eigenvalue weighted by molar-refractivity contribution is -0.386. The highest BCUT2D eigenvalue weighted by atomic mass is 16.8. The van der Waals surface area contributed by atoms with E-state index in [0.717, 1.165) is 5.57 Å². The van der Waals surface area contributed by atoms with Gasteiger partial charge in [-0.15, -0.1) is 0 Å². The third kappa shape index (κ3) is 9.76. The predicted molar refractivity (Wildman–Crippen MR) is 272 cm³/mol. The number of esters is 2. The summed E-state index contributed by atoms with van der Waals surface area (Å²) in [6.45, 7) is 18.5. The molecule has 5 aliphatic carbocycles. The van der Waals surface area contributed by atoms with E-state index in [0.29, 0.717) is 44.1 Å². The second-order valence-corrected chi connectivity index (χ2v) is 26.2. The van der Waals surface area contributed by atoms with E-state index in [1.54, 1.807) is 33.8 Å². The van der Waals surface area contributed by atoms with E-state index in [2.05, 4.69) is 19.9 Å². The molecule has 0 aromatic heterocycles. The molecule has 23 heteroatoms. The van der Waals surface area contributed by atoms with Crippen LogP contribution < -0.4 is 0 Å². The zero-order valence-corrected chi connectivity index (χ0v) is 47.2. The number of aliphatic hydroxyl groups excluding tert-OH is 11. The number of aliphatic hydroxyl groups is 11. The molecule has 3 aliphatic heterocycles. The first-order chi connectivity index (χ1) is 36.8. The zero-order chi connectivity index (χ0) is 58.6. The third-order valence-corrected chi connectivity index (χ3v) is 21.1. The van der Waals surface area contributed by atoms with Gasteiger partial charge in [-0.1, -0.05) is 80.0 Å². The lowest BCUT2D eigenvalue weighted by atomic mass is 9.32. The Kier molecular flexibility index (Phi) is 17.6. The van der Waals surface area contributed by atoms with E-state index in [-0.39, 0.29) is 11.8 Å². The third-order valence-electron chi connectivity index (χ3n) is 21.1. The maximum absolute atomic E-state index is 13.7. The van der Waals surface area contributed by atoms with Crippen molar-refractivity contribution in [2.45, 2.75) is 231 Å². The van der Waals surface area contributed by atoms with Crippen molar-refractivity contribution in [2.75, 3.05) is 19.8 Å². The highest BCUT2D eigenvalue weighted by Crippen LogP contribution is 2.76. The molecule has 7 fully saturated rings. The fraction of sp³-hybridized carbons (Fsp3) is 0.875. The molecule has 79 heavy (non-hydrogen) atoms. The molecule has 0 aromatic rings. The fourth-order valence-corrected chi connectivity index (χ4v) is 16.2. The Balaban J connectivity index is 1.14. The molecule has 0 spiro atoms. The SMILES string of the molecule is CC=C(C)C(=O)OC1C(OC(=O)C(C)C)C2(CO)C(CC1(C)C)C1=CCC3C4(C)CCC(OC5OC(C(=O)O)C(O)C(OC6OC(CO)C(O)C6O)C5OC5OC(CO)C(O)C(O)C5O)C(C)(C)C4CCC3(C)C1(C)C(O)C2O. The van der Waals surface area contributed by atoms with E-state index in [1.165, 1.54) is 0 Å². The van der Waals surface area contributed by atoms with Crippen LogP contribution in [0.1, 0.15) is 115 Å². The average Bonchev–Trinajstić information content (AvgIpc) is 3.35. The summed E-state index contributed by atoms with van der Waals surface area (Å²) in [7, 11) is 0. The molecule has 450 valence electrons. The van der Waals surface area contributed by atoms with Crippen LogP contribution in [0.3, 0.4) is 0 Å². The molecule has 8 aliphatic rings. The van der Waals surface area contributed by atoms with Crippen LogP contribution in [0.2, 0.25) is 0 Å². The van der Waals surface area contributed by atoms with E-state index in [4.69, 9.17) is 37.9 Å². The van der Waals surface area contributed by atoms with Gasteiger partial charge in [-0.25, -0.2) is 9.59 Å². The Morgan fingerprint density at radius 3 is 1.84 bits per heavy atom. The first kappa shape index (κ1) is 62.3. The molecular formula is C56H88O23. The monoisotopic (exact) mass is 1130 g/mol. The number of carboxylic acid groups (broad SMARTS) is 1. The van der Waals surface area contributed by atoms with Crippen LogP contribution in [0.4, 0.5) is 0 Å². The van der Waals surface area contributed by atoms with Crippen molar-refractivity contribution < 1.29 is 114 Å². The van der Waals surface area contributed by atoms with Crippen LogP contribution in [0.5, 0.6) is 0 Å². The molecule has 3 saturated heterocycles. The minimum Gasteiger partial charge on any atom is -0.479 e. The number of carboxylic acids is 1. The van der Waals surface area contributed by atoms with Gasteiger partial charge in [0, 0.05) is 16.4 Å². The average molecular weight is 1130 g/mol. The maximum Gasteiger partial charge on any atom is 0.335 e. The van der Waals surface area contributed by atoms with Gasteiger partial charge in [-0.05, 0) is 86.4 Å². The van der Waals surface area contributed by atoms with Crippen molar-refractivity contribution in [1.82, 2.24) is 0 Å². The first-order valence-corrected chi connectivity index (χ1v) is 28.0. The lowest BCUT2D eigenvalue weighted by Crippen LogP contribution is -2.76. The summed E-state index contributed by atoms with van der Waals surface area (Å²) in [6.07, 6.45) is -25.3. The van der Waals surface area contributed by atoms with Crippen molar-refractivity contribution in [2.24, 2.45) is 56.2 Å². The summed E-state index contributed by atoms with van der Waals surface area (Å²) < 4.78 is 49.0. The number of ether oxygens (including phenoxy) is 8. The van der Waals surface area contributed by atoms with E-state index in [9.17, 15) is 75.7 Å². The predicted octanol–water partition coefficient (Wildman–Crippen LogP) is -0.0475. The van der Waals surface area contributed by atoms with Crippen molar-refractivity contribution in [1.29, 1.82) is 0 Å². The summed E-state index contributed by atoms with van der Waals surface area (Å²) >= 11 is 0. The summed E-state index contributed by atoms with van der Waals surface area (Å²) in [5, 5.41) is 134. The molecule has 0 radical (unpaired) electrons. The number of hydrogen-bond acceptors (Lipinski definition) is 22. The highest BCUT2D eigenvalue weighted by molar-refractivity contribution is 5.87. The number of carbonyl (C=O) groups is 3. The molecule has 8 rings (SSSR count). The standard InChI is InChI=1S/C56H88O23/c1-12-24(4)47(71)78-43-44(79-46(70)23(2)3)56(22-59)26(19-51(43,5)6)25-13-14-30-53(9)17-16-31(52(7,8)29(53)15-18-54(30,10)55(25,11)41(66)42(56)67)74-50-40(77-49-36(64)34(62)32(60)27(20-57)72-49)38(37(65)39(76-50)45(68)69)75-48-35(63)33(61)28(21-58)73-48/h12-13,23,26-44,48-50,57-67H,14-22H2,1-11H3,(H,68,69). The van der Waals surface area contributed by atoms with Crippen LogP contribution in [0.15, 0.2) is 23.3 Å². The largest absolute Gasteiger partial charge is 0.479 e. The summed E-state index contributed by atoms with van der Waals surface area (Å²) in [6, 6.07) is 0. The number of rotatable bonds is 14. The number of fused-ring (bicyclic) bond motifs is 7. The van der Waals surface area contributed by atoms with Gasteiger partial charge in [-0.2, -0.15) is 0 Å². The maximum atomic E-state index is 13.7. The minimum absolute atomic E-state index is 0.145.